The first-order chi connectivity index (χ1) is 17.1. The molecule has 1 fully saturated rings. The van der Waals surface area contributed by atoms with Crippen molar-refractivity contribution in [3.8, 4) is 6.07 Å². The molecule has 7 heteroatoms. The Morgan fingerprint density at radius 3 is 2.50 bits per heavy atom. The van der Waals surface area contributed by atoms with Gasteiger partial charge in [-0.25, -0.2) is 9.18 Å². The topological polar surface area (TPSA) is 84.6 Å². The lowest BCUT2D eigenvalue weighted by atomic mass is 9.69. The molecular weight excluding hydrogens is 457 g/mol. The summed E-state index contributed by atoms with van der Waals surface area (Å²) in [4.78, 5) is 28.3. The number of fused-ring (bicyclic) bond motifs is 1. The van der Waals surface area contributed by atoms with Gasteiger partial charge in [-0.3, -0.25) is 4.79 Å². The van der Waals surface area contributed by atoms with Gasteiger partial charge >= 0.3 is 6.09 Å². The van der Waals surface area contributed by atoms with Crippen molar-refractivity contribution in [2.75, 3.05) is 20.1 Å². The van der Waals surface area contributed by atoms with Gasteiger partial charge in [-0.2, -0.15) is 5.26 Å². The molecule has 1 aliphatic heterocycles. The Balaban J connectivity index is 1.65. The number of aryl methyl sites for hydroxylation is 1. The highest BCUT2D eigenvalue weighted by atomic mass is 19.1. The van der Waals surface area contributed by atoms with Crippen LogP contribution in [0, 0.1) is 24.1 Å². The quantitative estimate of drug-likeness (QED) is 0.494. The summed E-state index contributed by atoms with van der Waals surface area (Å²) in [7, 11) is 1.76. The number of piperidine rings is 1. The second-order valence-corrected chi connectivity index (χ2v) is 9.77. The van der Waals surface area contributed by atoms with Gasteiger partial charge in [0, 0.05) is 32.0 Å². The molecule has 0 bridgehead atoms. The number of benzene rings is 3. The molecule has 0 aromatic heterocycles. The van der Waals surface area contributed by atoms with Crippen LogP contribution in [0.1, 0.15) is 54.5 Å². The van der Waals surface area contributed by atoms with E-state index in [1.807, 2.05) is 43.3 Å². The van der Waals surface area contributed by atoms with E-state index in [2.05, 4.69) is 6.07 Å². The van der Waals surface area contributed by atoms with E-state index in [9.17, 15) is 24.3 Å². The molecule has 3 aromatic carbocycles. The van der Waals surface area contributed by atoms with E-state index >= 15 is 0 Å². The second kappa shape index (κ2) is 9.98. The predicted octanol–water partition coefficient (Wildman–Crippen LogP) is 5.78. The molecular formula is C29H30FN3O3. The number of rotatable bonds is 5. The third-order valence-electron chi connectivity index (χ3n) is 7.70. The molecule has 1 saturated heterocycles. The Morgan fingerprint density at radius 2 is 1.86 bits per heavy atom. The van der Waals surface area contributed by atoms with Crippen molar-refractivity contribution in [3.63, 3.8) is 0 Å². The molecule has 1 atom stereocenters. The average Bonchev–Trinajstić information content (AvgIpc) is 2.88. The summed E-state index contributed by atoms with van der Waals surface area (Å²) in [6.07, 6.45) is 0.165. The van der Waals surface area contributed by atoms with Gasteiger partial charge < -0.3 is 14.9 Å². The zero-order valence-corrected chi connectivity index (χ0v) is 20.8. The minimum Gasteiger partial charge on any atom is -0.465 e. The maximum absolute atomic E-state index is 14.0. The lowest BCUT2D eigenvalue weighted by molar-refractivity contribution is -0.133. The van der Waals surface area contributed by atoms with Crippen LogP contribution in [-0.2, 0) is 10.2 Å². The molecule has 6 nitrogen and oxygen atoms in total. The average molecular weight is 488 g/mol. The van der Waals surface area contributed by atoms with Crippen molar-refractivity contribution >= 4 is 22.8 Å². The number of amides is 2. The number of hydrogen-bond acceptors (Lipinski definition) is 3. The molecule has 0 spiro atoms. The van der Waals surface area contributed by atoms with E-state index < -0.39 is 11.5 Å². The summed E-state index contributed by atoms with van der Waals surface area (Å²) in [5.41, 5.74) is 2.20. The van der Waals surface area contributed by atoms with Gasteiger partial charge in [0.2, 0.25) is 5.91 Å². The van der Waals surface area contributed by atoms with Gasteiger partial charge in [0.05, 0.1) is 17.7 Å². The third kappa shape index (κ3) is 4.76. The normalized spacial score (nSPS) is 15.8. The first kappa shape index (κ1) is 25.2. The number of likely N-dealkylation sites (tertiary alicyclic amines) is 1. The fourth-order valence-corrected chi connectivity index (χ4v) is 5.26. The van der Waals surface area contributed by atoms with Gasteiger partial charge in [-0.05, 0) is 72.4 Å². The third-order valence-corrected chi connectivity index (χ3v) is 7.70. The zero-order valence-electron chi connectivity index (χ0n) is 20.8. The number of nitriles is 1. The number of carbonyl (C=O) groups is 2. The Kier molecular flexibility index (Phi) is 6.98. The SMILES string of the molecule is Cc1cc(C2(CC(=O)N(C)C(C)c3cc(C#N)cc4ccccc34)CCN(C(=O)O)CC2)ccc1F. The zero-order chi connectivity index (χ0) is 26.0. The number of carbonyl (C=O) groups excluding carboxylic acids is 1. The molecule has 4 rings (SSSR count). The molecule has 1 heterocycles. The molecule has 0 aliphatic carbocycles. The second-order valence-electron chi connectivity index (χ2n) is 9.77. The van der Waals surface area contributed by atoms with E-state index in [-0.39, 0.29) is 24.2 Å². The highest BCUT2D eigenvalue weighted by molar-refractivity contribution is 5.88. The predicted molar refractivity (Wildman–Crippen MR) is 136 cm³/mol. The van der Waals surface area contributed by atoms with E-state index in [4.69, 9.17) is 0 Å². The van der Waals surface area contributed by atoms with E-state index in [0.717, 1.165) is 21.9 Å². The Morgan fingerprint density at radius 1 is 1.17 bits per heavy atom. The van der Waals surface area contributed by atoms with Gasteiger partial charge in [0.15, 0.2) is 0 Å². The summed E-state index contributed by atoms with van der Waals surface area (Å²) in [6.45, 7) is 4.27. The molecule has 1 aliphatic rings. The number of hydrogen-bond donors (Lipinski definition) is 1. The maximum atomic E-state index is 14.0. The fraction of sp³-hybridized carbons (Fsp3) is 0.345. The summed E-state index contributed by atoms with van der Waals surface area (Å²) < 4.78 is 14.0. The van der Waals surface area contributed by atoms with E-state index in [1.165, 1.54) is 11.0 Å². The lowest BCUT2D eigenvalue weighted by Crippen LogP contribution is -2.47. The van der Waals surface area contributed by atoms with Gasteiger partial charge in [-0.1, -0.05) is 36.4 Å². The molecule has 1 N–H and O–H groups in total. The minimum atomic E-state index is -0.972. The van der Waals surface area contributed by atoms with Crippen molar-refractivity contribution in [3.05, 3.63) is 82.7 Å². The van der Waals surface area contributed by atoms with Crippen LogP contribution in [0.4, 0.5) is 9.18 Å². The van der Waals surface area contributed by atoms with Crippen LogP contribution >= 0.6 is 0 Å². The summed E-state index contributed by atoms with van der Waals surface area (Å²) in [5, 5.41) is 20.9. The fourth-order valence-electron chi connectivity index (χ4n) is 5.26. The smallest absolute Gasteiger partial charge is 0.407 e. The minimum absolute atomic E-state index is 0.0836. The van der Waals surface area contributed by atoms with Crippen LogP contribution in [0.15, 0.2) is 54.6 Å². The molecule has 0 radical (unpaired) electrons. The highest BCUT2D eigenvalue weighted by Crippen LogP contribution is 2.41. The van der Waals surface area contributed by atoms with Crippen molar-refractivity contribution in [1.29, 1.82) is 5.26 Å². The highest BCUT2D eigenvalue weighted by Gasteiger charge is 2.40. The first-order valence-corrected chi connectivity index (χ1v) is 12.1. The summed E-state index contributed by atoms with van der Waals surface area (Å²) in [6, 6.07) is 18.3. The number of nitrogens with zero attached hydrogens (tertiary/aromatic N) is 3. The molecule has 186 valence electrons. The summed E-state index contributed by atoms with van der Waals surface area (Å²) >= 11 is 0. The van der Waals surface area contributed by atoms with E-state index in [0.29, 0.717) is 37.1 Å². The van der Waals surface area contributed by atoms with Crippen molar-refractivity contribution in [2.45, 2.75) is 44.6 Å². The first-order valence-electron chi connectivity index (χ1n) is 12.1. The molecule has 36 heavy (non-hydrogen) atoms. The van der Waals surface area contributed by atoms with Crippen LogP contribution in [0.3, 0.4) is 0 Å². The summed E-state index contributed by atoms with van der Waals surface area (Å²) in [5.74, 6) is -0.391. The number of halogens is 1. The maximum Gasteiger partial charge on any atom is 0.407 e. The van der Waals surface area contributed by atoms with Crippen LogP contribution in [0.5, 0.6) is 0 Å². The van der Waals surface area contributed by atoms with Gasteiger partial charge in [-0.15, -0.1) is 0 Å². The standard InChI is InChI=1S/C29H30FN3O3/c1-19-14-23(8-9-26(19)30)29(10-12-33(13-11-29)28(35)36)17-27(34)32(3)20(2)25-16-21(18-31)15-22-6-4-5-7-24(22)25/h4-9,14-16,20H,10-13,17H2,1-3H3,(H,35,36). The van der Waals surface area contributed by atoms with Gasteiger partial charge in [0.1, 0.15) is 5.82 Å². The van der Waals surface area contributed by atoms with Crippen molar-refractivity contribution < 1.29 is 19.1 Å². The van der Waals surface area contributed by atoms with Crippen molar-refractivity contribution in [2.24, 2.45) is 0 Å². The molecule has 1 unspecified atom stereocenters. The largest absolute Gasteiger partial charge is 0.465 e. The Bertz CT molecular complexity index is 1360. The Hall–Kier alpha value is -3.92. The van der Waals surface area contributed by atoms with E-state index in [1.54, 1.807) is 31.0 Å². The van der Waals surface area contributed by atoms with Crippen LogP contribution in [0.25, 0.3) is 10.8 Å². The van der Waals surface area contributed by atoms with Crippen LogP contribution < -0.4 is 0 Å². The number of carboxylic acid groups (broad SMARTS) is 1. The van der Waals surface area contributed by atoms with Crippen LogP contribution in [-0.4, -0.2) is 47.0 Å². The van der Waals surface area contributed by atoms with Crippen molar-refractivity contribution in [1.82, 2.24) is 9.80 Å². The molecule has 2 amide bonds. The molecule has 0 saturated carbocycles. The molecule has 3 aromatic rings. The van der Waals surface area contributed by atoms with Gasteiger partial charge in [0.25, 0.3) is 0 Å². The monoisotopic (exact) mass is 487 g/mol. The van der Waals surface area contributed by atoms with Crippen LogP contribution in [0.2, 0.25) is 0 Å². The lowest BCUT2D eigenvalue weighted by Gasteiger charge is -2.42. The Labute approximate surface area is 210 Å².